The summed E-state index contributed by atoms with van der Waals surface area (Å²) in [7, 11) is 1.76. The minimum atomic E-state index is -0.137. The molecule has 0 radical (unpaired) electrons. The Bertz CT molecular complexity index is 887. The van der Waals surface area contributed by atoms with Crippen molar-refractivity contribution in [2.24, 2.45) is 0 Å². The third-order valence-corrected chi connectivity index (χ3v) is 7.59. The fraction of sp³-hybridized carbons (Fsp3) is 0.536. The van der Waals surface area contributed by atoms with Gasteiger partial charge >= 0.3 is 0 Å². The van der Waals surface area contributed by atoms with E-state index in [1.165, 1.54) is 43.4 Å². The molecule has 3 rings (SSSR count). The van der Waals surface area contributed by atoms with E-state index in [4.69, 9.17) is 4.74 Å². The summed E-state index contributed by atoms with van der Waals surface area (Å²) in [5, 5.41) is 0.205. The molecule has 0 bridgehead atoms. The third-order valence-electron chi connectivity index (χ3n) is 6.24. The van der Waals surface area contributed by atoms with Crippen molar-refractivity contribution in [3.8, 4) is 11.1 Å². The van der Waals surface area contributed by atoms with Crippen LogP contribution in [0.4, 0.5) is 4.39 Å². The molecule has 2 aromatic rings. The number of ether oxygens (including phenoxy) is 1. The van der Waals surface area contributed by atoms with Gasteiger partial charge in [-0.3, -0.25) is 4.98 Å². The van der Waals surface area contributed by atoms with Gasteiger partial charge in [0.05, 0.1) is 12.3 Å². The lowest BCUT2D eigenvalue weighted by molar-refractivity contribution is 0.160. The molecule has 0 N–H and O–H groups in total. The van der Waals surface area contributed by atoms with Crippen LogP contribution in [0.25, 0.3) is 16.8 Å². The van der Waals surface area contributed by atoms with Gasteiger partial charge in [-0.2, -0.15) is 0 Å². The van der Waals surface area contributed by atoms with Crippen molar-refractivity contribution in [3.63, 3.8) is 0 Å². The molecule has 0 fully saturated rings. The Balaban J connectivity index is 1.98. The van der Waals surface area contributed by atoms with Gasteiger partial charge in [-0.15, -0.1) is 11.8 Å². The summed E-state index contributed by atoms with van der Waals surface area (Å²) in [4.78, 5) is 7.83. The monoisotopic (exact) mass is 470 g/mol. The van der Waals surface area contributed by atoms with Crippen molar-refractivity contribution >= 4 is 17.5 Å². The number of hydrogen-bond donors (Lipinski definition) is 0. The van der Waals surface area contributed by atoms with E-state index < -0.39 is 0 Å². The van der Waals surface area contributed by atoms with E-state index in [1.54, 1.807) is 19.5 Å². The Kier molecular flexibility index (Phi) is 10.7. The second-order valence-electron chi connectivity index (χ2n) is 8.77. The van der Waals surface area contributed by atoms with E-state index in [0.29, 0.717) is 12.2 Å². The highest BCUT2D eigenvalue weighted by Crippen LogP contribution is 2.47. The molecule has 1 aliphatic rings. The van der Waals surface area contributed by atoms with E-state index in [2.05, 4.69) is 23.7 Å². The number of unbranched alkanes of at least 4 members (excludes halogenated alkanes) is 6. The summed E-state index contributed by atoms with van der Waals surface area (Å²) in [6.45, 7) is 6.06. The number of pyridine rings is 1. The van der Waals surface area contributed by atoms with Gasteiger partial charge in [0.15, 0.2) is 0 Å². The van der Waals surface area contributed by atoms with Crippen LogP contribution in [0.5, 0.6) is 0 Å². The highest BCUT2D eigenvalue weighted by molar-refractivity contribution is 8.04. The molecule has 0 saturated carbocycles. The standard InChI is InChI=1S/C28H39FN2OS/c1-4-6-8-10-15-25-28(31(20-11-9-7-5-2)26(33-25)21-32-3)24-14-12-13-23(27(24)29)22-16-18-30-19-17-22/h12-14,16-19,26H,4-11,15,20-21H2,1-3H3/t26-/m0/s1. The summed E-state index contributed by atoms with van der Waals surface area (Å²) < 4.78 is 21.6. The lowest BCUT2D eigenvalue weighted by Crippen LogP contribution is -2.32. The van der Waals surface area contributed by atoms with Crippen molar-refractivity contribution in [2.45, 2.75) is 77.0 Å². The van der Waals surface area contributed by atoms with Gasteiger partial charge in [-0.25, -0.2) is 4.39 Å². The van der Waals surface area contributed by atoms with Crippen LogP contribution in [-0.4, -0.2) is 35.5 Å². The topological polar surface area (TPSA) is 25.4 Å². The van der Waals surface area contributed by atoms with Crippen LogP contribution in [0.2, 0.25) is 0 Å². The van der Waals surface area contributed by atoms with E-state index in [0.717, 1.165) is 42.6 Å². The smallest absolute Gasteiger partial charge is 0.140 e. The summed E-state index contributed by atoms with van der Waals surface area (Å²) in [5.41, 5.74) is 3.31. The lowest BCUT2D eigenvalue weighted by Gasteiger charge is -2.29. The minimum Gasteiger partial charge on any atom is -0.382 e. The minimum absolute atomic E-state index is 0.137. The summed E-state index contributed by atoms with van der Waals surface area (Å²) in [6.07, 6.45) is 14.1. The van der Waals surface area contributed by atoms with Gasteiger partial charge in [0.1, 0.15) is 11.2 Å². The van der Waals surface area contributed by atoms with E-state index in [1.807, 2.05) is 42.1 Å². The molecule has 1 aromatic heterocycles. The molecule has 33 heavy (non-hydrogen) atoms. The molecule has 1 aromatic carbocycles. The molecule has 3 nitrogen and oxygen atoms in total. The van der Waals surface area contributed by atoms with Crippen LogP contribution in [0.3, 0.4) is 0 Å². The zero-order chi connectivity index (χ0) is 23.5. The highest BCUT2D eigenvalue weighted by Gasteiger charge is 2.34. The Morgan fingerprint density at radius 2 is 1.64 bits per heavy atom. The van der Waals surface area contributed by atoms with Crippen molar-refractivity contribution < 1.29 is 9.13 Å². The van der Waals surface area contributed by atoms with Crippen LogP contribution in [-0.2, 0) is 4.74 Å². The van der Waals surface area contributed by atoms with Gasteiger partial charge in [0, 0.05) is 42.1 Å². The summed E-state index contributed by atoms with van der Waals surface area (Å²) >= 11 is 1.88. The first kappa shape index (κ1) is 25.8. The van der Waals surface area contributed by atoms with Crippen molar-refractivity contribution in [2.75, 3.05) is 20.3 Å². The van der Waals surface area contributed by atoms with Gasteiger partial charge in [-0.1, -0.05) is 64.5 Å². The molecular formula is C28H39FN2OS. The predicted molar refractivity (Wildman–Crippen MR) is 139 cm³/mol. The van der Waals surface area contributed by atoms with Crippen molar-refractivity contribution in [3.05, 3.63) is 59.0 Å². The van der Waals surface area contributed by atoms with E-state index in [9.17, 15) is 0 Å². The largest absolute Gasteiger partial charge is 0.382 e. The lowest BCUT2D eigenvalue weighted by atomic mass is 9.99. The van der Waals surface area contributed by atoms with Crippen LogP contribution in [0.15, 0.2) is 47.6 Å². The number of nitrogens with zero attached hydrogens (tertiary/aromatic N) is 2. The normalized spacial score (nSPS) is 16.1. The number of aromatic nitrogens is 1. The summed E-state index contributed by atoms with van der Waals surface area (Å²) in [6, 6.07) is 9.56. The number of halogens is 1. The molecular weight excluding hydrogens is 431 g/mol. The number of rotatable bonds is 14. The first-order valence-electron chi connectivity index (χ1n) is 12.6. The average Bonchev–Trinajstić information content (AvgIpc) is 3.17. The molecule has 0 amide bonds. The third kappa shape index (κ3) is 6.83. The van der Waals surface area contributed by atoms with E-state index in [-0.39, 0.29) is 11.2 Å². The Morgan fingerprint density at radius 1 is 0.939 bits per heavy atom. The van der Waals surface area contributed by atoms with Crippen LogP contribution in [0, 0.1) is 5.82 Å². The highest BCUT2D eigenvalue weighted by atomic mass is 32.2. The second kappa shape index (κ2) is 13.8. The number of allylic oxidation sites excluding steroid dienone is 1. The zero-order valence-corrected chi connectivity index (χ0v) is 21.3. The number of hydrogen-bond acceptors (Lipinski definition) is 4. The van der Waals surface area contributed by atoms with Crippen LogP contribution in [0.1, 0.15) is 77.2 Å². The van der Waals surface area contributed by atoms with Crippen molar-refractivity contribution in [1.29, 1.82) is 0 Å². The fourth-order valence-corrected chi connectivity index (χ4v) is 5.95. The molecule has 0 unspecified atom stereocenters. The zero-order valence-electron chi connectivity index (χ0n) is 20.5. The SMILES string of the molecule is CCCCCCC1=C(c2cccc(-c3ccncc3)c2F)N(CCCCCC)[C@H](COC)S1. The van der Waals surface area contributed by atoms with E-state index >= 15 is 4.39 Å². The molecule has 5 heteroatoms. The molecule has 0 saturated heterocycles. The fourth-order valence-electron chi connectivity index (χ4n) is 4.48. The van der Waals surface area contributed by atoms with Crippen LogP contribution < -0.4 is 0 Å². The first-order chi connectivity index (χ1) is 16.2. The first-order valence-corrected chi connectivity index (χ1v) is 13.4. The molecule has 180 valence electrons. The molecule has 2 heterocycles. The van der Waals surface area contributed by atoms with Gasteiger partial charge in [0.25, 0.3) is 0 Å². The number of thioether (sulfide) groups is 1. The number of methoxy groups -OCH3 is 1. The summed E-state index contributed by atoms with van der Waals surface area (Å²) in [5.74, 6) is -0.137. The van der Waals surface area contributed by atoms with Gasteiger partial charge < -0.3 is 9.64 Å². The molecule has 1 atom stereocenters. The molecule has 0 aliphatic carbocycles. The molecule has 0 spiro atoms. The maximum Gasteiger partial charge on any atom is 0.140 e. The van der Waals surface area contributed by atoms with Crippen molar-refractivity contribution in [1.82, 2.24) is 9.88 Å². The Morgan fingerprint density at radius 3 is 2.33 bits per heavy atom. The maximum absolute atomic E-state index is 16.0. The Labute approximate surface area is 203 Å². The second-order valence-corrected chi connectivity index (χ2v) is 10.0. The van der Waals surface area contributed by atoms with Crippen LogP contribution >= 0.6 is 11.8 Å². The predicted octanol–water partition coefficient (Wildman–Crippen LogP) is 8.13. The Hall–Kier alpha value is -1.85. The average molecular weight is 471 g/mol. The number of benzene rings is 1. The molecule has 1 aliphatic heterocycles. The quantitative estimate of drug-likeness (QED) is 0.260. The van der Waals surface area contributed by atoms with Gasteiger partial charge in [-0.05, 0) is 43.0 Å². The van der Waals surface area contributed by atoms with Gasteiger partial charge in [0.2, 0.25) is 0 Å². The maximum atomic E-state index is 16.0.